The van der Waals surface area contributed by atoms with Crippen LogP contribution in [-0.4, -0.2) is 5.91 Å². The molecule has 0 aliphatic heterocycles. The van der Waals surface area contributed by atoms with Gasteiger partial charge in [-0.25, -0.2) is 0 Å². The summed E-state index contributed by atoms with van der Waals surface area (Å²) in [6.45, 7) is 4.26. The largest absolute Gasteiger partial charge is 0.455 e. The van der Waals surface area contributed by atoms with Crippen LogP contribution in [0.3, 0.4) is 0 Å². The van der Waals surface area contributed by atoms with E-state index in [2.05, 4.69) is 19.2 Å². The van der Waals surface area contributed by atoms with Gasteiger partial charge in [0.15, 0.2) is 5.75 Å². The van der Waals surface area contributed by atoms with Crippen LogP contribution in [0.1, 0.15) is 35.7 Å². The molecule has 0 spiro atoms. The minimum Gasteiger partial charge on any atom is -0.455 e. The fraction of sp³-hybridized carbons (Fsp3) is 0.136. The molecular formula is C22H21NO2. The first-order chi connectivity index (χ1) is 12.1. The lowest BCUT2D eigenvalue weighted by Crippen LogP contribution is -2.12. The second kappa shape index (κ2) is 7.67. The Labute approximate surface area is 148 Å². The monoisotopic (exact) mass is 331 g/mol. The van der Waals surface area contributed by atoms with Crippen LogP contribution in [0.15, 0.2) is 78.9 Å². The second-order valence-corrected chi connectivity index (χ2v) is 6.14. The van der Waals surface area contributed by atoms with Crippen LogP contribution in [0.2, 0.25) is 0 Å². The SMILES string of the molecule is CC(C)c1ccc(C(=O)Nc2ccccc2Oc2ccccc2)cc1. The number of nitrogens with one attached hydrogen (secondary N) is 1. The topological polar surface area (TPSA) is 38.3 Å². The summed E-state index contributed by atoms with van der Waals surface area (Å²) in [4.78, 5) is 12.5. The van der Waals surface area contributed by atoms with Gasteiger partial charge < -0.3 is 10.1 Å². The van der Waals surface area contributed by atoms with Gasteiger partial charge in [0.05, 0.1) is 5.69 Å². The predicted octanol–water partition coefficient (Wildman–Crippen LogP) is 5.85. The summed E-state index contributed by atoms with van der Waals surface area (Å²) >= 11 is 0. The average molecular weight is 331 g/mol. The number of rotatable bonds is 5. The Bertz CT molecular complexity index is 839. The first-order valence-electron chi connectivity index (χ1n) is 8.37. The molecule has 1 N–H and O–H groups in total. The highest BCUT2D eigenvalue weighted by molar-refractivity contribution is 6.05. The molecule has 0 saturated heterocycles. The minimum absolute atomic E-state index is 0.153. The number of amides is 1. The Morgan fingerprint density at radius 2 is 1.48 bits per heavy atom. The minimum atomic E-state index is -0.153. The van der Waals surface area contributed by atoms with E-state index in [0.717, 1.165) is 5.75 Å². The van der Waals surface area contributed by atoms with Gasteiger partial charge in [-0.3, -0.25) is 4.79 Å². The molecule has 0 bridgehead atoms. The van der Waals surface area contributed by atoms with Gasteiger partial charge in [-0.15, -0.1) is 0 Å². The average Bonchev–Trinajstić information content (AvgIpc) is 2.64. The molecule has 126 valence electrons. The van der Waals surface area contributed by atoms with Gasteiger partial charge in [0.2, 0.25) is 0 Å². The number of carbonyl (C=O) groups excluding carboxylic acids is 1. The summed E-state index contributed by atoms with van der Waals surface area (Å²) in [5, 5.41) is 2.93. The van der Waals surface area contributed by atoms with Crippen LogP contribution in [-0.2, 0) is 0 Å². The Morgan fingerprint density at radius 1 is 0.840 bits per heavy atom. The predicted molar refractivity (Wildman–Crippen MR) is 101 cm³/mol. The van der Waals surface area contributed by atoms with Gasteiger partial charge in [-0.05, 0) is 47.9 Å². The van der Waals surface area contributed by atoms with Crippen LogP contribution >= 0.6 is 0 Å². The molecule has 3 aromatic carbocycles. The van der Waals surface area contributed by atoms with Crippen molar-refractivity contribution in [2.75, 3.05) is 5.32 Å². The van der Waals surface area contributed by atoms with Gasteiger partial charge in [-0.1, -0.05) is 56.3 Å². The van der Waals surface area contributed by atoms with Crippen LogP contribution in [0.5, 0.6) is 11.5 Å². The summed E-state index contributed by atoms with van der Waals surface area (Å²) < 4.78 is 5.88. The molecule has 0 aromatic heterocycles. The molecule has 25 heavy (non-hydrogen) atoms. The van der Waals surface area contributed by atoms with E-state index in [9.17, 15) is 4.79 Å². The number of carbonyl (C=O) groups is 1. The molecule has 3 heteroatoms. The molecule has 0 aliphatic carbocycles. The third-order valence-electron chi connectivity index (χ3n) is 3.95. The molecule has 0 saturated carbocycles. The van der Waals surface area contributed by atoms with Crippen LogP contribution in [0.25, 0.3) is 0 Å². The molecule has 0 unspecified atom stereocenters. The first kappa shape index (κ1) is 16.8. The zero-order valence-corrected chi connectivity index (χ0v) is 14.4. The maximum Gasteiger partial charge on any atom is 0.255 e. The maximum absolute atomic E-state index is 12.5. The van der Waals surface area contributed by atoms with Crippen LogP contribution in [0, 0.1) is 0 Å². The van der Waals surface area contributed by atoms with E-state index in [1.165, 1.54) is 5.56 Å². The molecule has 0 fully saturated rings. The van der Waals surface area contributed by atoms with E-state index in [1.807, 2.05) is 78.9 Å². The molecule has 3 rings (SSSR count). The third-order valence-corrected chi connectivity index (χ3v) is 3.95. The lowest BCUT2D eigenvalue weighted by Gasteiger charge is -2.12. The van der Waals surface area contributed by atoms with Gasteiger partial charge in [-0.2, -0.15) is 0 Å². The lowest BCUT2D eigenvalue weighted by molar-refractivity contribution is 0.102. The molecule has 0 radical (unpaired) electrons. The molecule has 0 aliphatic rings. The summed E-state index contributed by atoms with van der Waals surface area (Å²) in [6, 6.07) is 24.6. The fourth-order valence-electron chi connectivity index (χ4n) is 2.49. The number of anilines is 1. The Hall–Kier alpha value is -3.07. The third kappa shape index (κ3) is 4.27. The Morgan fingerprint density at radius 3 is 2.16 bits per heavy atom. The highest BCUT2D eigenvalue weighted by Gasteiger charge is 2.11. The zero-order valence-electron chi connectivity index (χ0n) is 14.4. The summed E-state index contributed by atoms with van der Waals surface area (Å²) in [5.41, 5.74) is 2.48. The van der Waals surface area contributed by atoms with Gasteiger partial charge in [0.25, 0.3) is 5.91 Å². The quantitative estimate of drug-likeness (QED) is 0.636. The van der Waals surface area contributed by atoms with Crippen molar-refractivity contribution in [2.24, 2.45) is 0 Å². The van der Waals surface area contributed by atoms with E-state index < -0.39 is 0 Å². The summed E-state index contributed by atoms with van der Waals surface area (Å²) in [5.74, 6) is 1.63. The normalized spacial score (nSPS) is 10.5. The number of hydrogen-bond donors (Lipinski definition) is 1. The van der Waals surface area contributed by atoms with Gasteiger partial charge >= 0.3 is 0 Å². The number of hydrogen-bond acceptors (Lipinski definition) is 2. The summed E-state index contributed by atoms with van der Waals surface area (Å²) in [7, 11) is 0. The number of ether oxygens (including phenoxy) is 1. The molecule has 0 atom stereocenters. The van der Waals surface area contributed by atoms with Crippen molar-refractivity contribution in [3.63, 3.8) is 0 Å². The van der Waals surface area contributed by atoms with Crippen LogP contribution in [0.4, 0.5) is 5.69 Å². The number of para-hydroxylation sites is 3. The molecule has 1 amide bonds. The van der Waals surface area contributed by atoms with Crippen molar-refractivity contribution in [2.45, 2.75) is 19.8 Å². The highest BCUT2D eigenvalue weighted by Crippen LogP contribution is 2.29. The van der Waals surface area contributed by atoms with Crippen molar-refractivity contribution < 1.29 is 9.53 Å². The lowest BCUT2D eigenvalue weighted by atomic mass is 10.0. The van der Waals surface area contributed by atoms with Crippen molar-refractivity contribution in [1.29, 1.82) is 0 Å². The second-order valence-electron chi connectivity index (χ2n) is 6.14. The Balaban J connectivity index is 1.77. The van der Waals surface area contributed by atoms with E-state index in [-0.39, 0.29) is 5.91 Å². The van der Waals surface area contributed by atoms with E-state index in [1.54, 1.807) is 0 Å². The van der Waals surface area contributed by atoms with E-state index >= 15 is 0 Å². The van der Waals surface area contributed by atoms with E-state index in [4.69, 9.17) is 4.74 Å². The van der Waals surface area contributed by atoms with E-state index in [0.29, 0.717) is 22.9 Å². The van der Waals surface area contributed by atoms with Crippen LogP contribution < -0.4 is 10.1 Å². The zero-order chi connectivity index (χ0) is 17.6. The fourth-order valence-corrected chi connectivity index (χ4v) is 2.49. The molecular weight excluding hydrogens is 310 g/mol. The standard InChI is InChI=1S/C22H21NO2/c1-16(2)17-12-14-18(15-13-17)22(24)23-20-10-6-7-11-21(20)25-19-8-4-3-5-9-19/h3-16H,1-2H3,(H,23,24). The van der Waals surface area contributed by atoms with Gasteiger partial charge in [0.1, 0.15) is 5.75 Å². The highest BCUT2D eigenvalue weighted by atomic mass is 16.5. The van der Waals surface area contributed by atoms with Crippen molar-refractivity contribution in [3.05, 3.63) is 90.0 Å². The smallest absolute Gasteiger partial charge is 0.255 e. The van der Waals surface area contributed by atoms with Gasteiger partial charge in [0, 0.05) is 5.56 Å². The van der Waals surface area contributed by atoms with Crippen molar-refractivity contribution >= 4 is 11.6 Å². The molecule has 3 nitrogen and oxygen atoms in total. The van der Waals surface area contributed by atoms with Crippen molar-refractivity contribution in [3.8, 4) is 11.5 Å². The Kier molecular flexibility index (Phi) is 5.14. The van der Waals surface area contributed by atoms with Crippen molar-refractivity contribution in [1.82, 2.24) is 0 Å². The maximum atomic E-state index is 12.5. The number of benzene rings is 3. The summed E-state index contributed by atoms with van der Waals surface area (Å²) in [6.07, 6.45) is 0. The first-order valence-corrected chi connectivity index (χ1v) is 8.37. The molecule has 3 aromatic rings. The molecule has 0 heterocycles.